The van der Waals surface area contributed by atoms with E-state index in [1.165, 1.54) is 15.0 Å². The van der Waals surface area contributed by atoms with Crippen LogP contribution in [0.5, 0.6) is 0 Å². The van der Waals surface area contributed by atoms with E-state index in [9.17, 15) is 8.42 Å². The van der Waals surface area contributed by atoms with Crippen molar-refractivity contribution < 1.29 is 13.3 Å². The molecule has 0 aliphatic carbocycles. The zero-order valence-electron chi connectivity index (χ0n) is 14.9. The summed E-state index contributed by atoms with van der Waals surface area (Å²) in [4.78, 5) is 6.07. The molecule has 1 fully saturated rings. The molecule has 1 saturated heterocycles. The van der Waals surface area contributed by atoms with Crippen molar-refractivity contribution in [3.8, 4) is 0 Å². The average molecular weight is 401 g/mol. The summed E-state index contributed by atoms with van der Waals surface area (Å²) in [5.74, 6) is 0. The van der Waals surface area contributed by atoms with E-state index in [-0.39, 0.29) is 0 Å². The number of piperazine rings is 1. The predicted molar refractivity (Wildman–Crippen MR) is 110 cm³/mol. The van der Waals surface area contributed by atoms with Crippen molar-refractivity contribution >= 4 is 37.7 Å². The molecule has 0 spiro atoms. The molecule has 2 heterocycles. The number of quaternary nitrogens is 1. The lowest BCUT2D eigenvalue weighted by atomic mass is 10.2. The fourth-order valence-electron chi connectivity index (χ4n) is 3.26. The van der Waals surface area contributed by atoms with Crippen molar-refractivity contribution in [3.63, 3.8) is 0 Å². The molecule has 1 aliphatic rings. The summed E-state index contributed by atoms with van der Waals surface area (Å²) in [6, 6.07) is 17.7. The van der Waals surface area contributed by atoms with Crippen molar-refractivity contribution in [2.24, 2.45) is 0 Å². The molecule has 0 unspecified atom stereocenters. The fraction of sp³-hybridized carbons (Fsp3) is 0.250. The van der Waals surface area contributed by atoms with Crippen molar-refractivity contribution in [2.45, 2.75) is 6.54 Å². The number of sulfonamides is 1. The van der Waals surface area contributed by atoms with Gasteiger partial charge in [0.15, 0.2) is 0 Å². The monoisotopic (exact) mass is 400 g/mol. The Hall–Kier alpha value is -2.06. The zero-order valence-corrected chi connectivity index (χ0v) is 16.5. The molecule has 1 aliphatic heterocycles. The normalized spacial score (nSPS) is 17.0. The van der Waals surface area contributed by atoms with Crippen LogP contribution in [0.2, 0.25) is 0 Å². The number of rotatable bonds is 5. The SMILES string of the molecule is O=S(=O)(/C=C/c1ccccc1)N1CC[NH+](Cc2nc3ccccc3s2)CC1. The smallest absolute Gasteiger partial charge is 0.236 e. The molecule has 0 saturated carbocycles. The highest BCUT2D eigenvalue weighted by Gasteiger charge is 2.27. The third-order valence-corrected chi connectivity index (χ3v) is 7.36. The van der Waals surface area contributed by atoms with Gasteiger partial charge >= 0.3 is 0 Å². The predicted octanol–water partition coefficient (Wildman–Crippen LogP) is 2.00. The highest BCUT2D eigenvalue weighted by Crippen LogP contribution is 2.20. The van der Waals surface area contributed by atoms with Gasteiger partial charge in [0.25, 0.3) is 0 Å². The Morgan fingerprint density at radius 3 is 2.48 bits per heavy atom. The molecule has 2 aromatic carbocycles. The molecule has 4 rings (SSSR count). The van der Waals surface area contributed by atoms with E-state index in [1.54, 1.807) is 21.7 Å². The quantitative estimate of drug-likeness (QED) is 0.713. The molecule has 5 nitrogen and oxygen atoms in total. The van der Waals surface area contributed by atoms with Crippen molar-refractivity contribution in [2.75, 3.05) is 26.2 Å². The van der Waals surface area contributed by atoms with Crippen LogP contribution in [0.25, 0.3) is 16.3 Å². The molecule has 0 bridgehead atoms. The van der Waals surface area contributed by atoms with Gasteiger partial charge in [0.2, 0.25) is 10.0 Å². The number of hydrogen-bond acceptors (Lipinski definition) is 4. The zero-order chi connectivity index (χ0) is 18.7. The van der Waals surface area contributed by atoms with Crippen LogP contribution in [0, 0.1) is 0 Å². The molecule has 1 aromatic heterocycles. The molecular weight excluding hydrogens is 378 g/mol. The molecule has 0 atom stereocenters. The van der Waals surface area contributed by atoms with Gasteiger partial charge in [-0.25, -0.2) is 13.4 Å². The van der Waals surface area contributed by atoms with Crippen molar-refractivity contribution in [1.82, 2.24) is 9.29 Å². The van der Waals surface area contributed by atoms with Gasteiger partial charge in [0.1, 0.15) is 11.6 Å². The number of benzene rings is 2. The van der Waals surface area contributed by atoms with E-state index in [2.05, 4.69) is 6.07 Å². The summed E-state index contributed by atoms with van der Waals surface area (Å²) < 4.78 is 27.9. The minimum atomic E-state index is -3.37. The molecule has 1 N–H and O–H groups in total. The topological polar surface area (TPSA) is 54.7 Å². The Morgan fingerprint density at radius 2 is 1.74 bits per heavy atom. The molecule has 3 aromatic rings. The number of nitrogens with one attached hydrogen (secondary N) is 1. The summed E-state index contributed by atoms with van der Waals surface area (Å²) in [6.07, 6.45) is 1.66. The number of fused-ring (bicyclic) bond motifs is 1. The first-order valence-electron chi connectivity index (χ1n) is 9.01. The second-order valence-electron chi connectivity index (χ2n) is 6.66. The Labute approximate surface area is 163 Å². The molecule has 0 radical (unpaired) electrons. The fourth-order valence-corrected chi connectivity index (χ4v) is 5.49. The van der Waals surface area contributed by atoms with Crippen molar-refractivity contribution in [1.29, 1.82) is 0 Å². The molecule has 140 valence electrons. The minimum Gasteiger partial charge on any atom is -0.327 e. The average Bonchev–Trinajstić information content (AvgIpc) is 3.10. The number of hydrogen-bond donors (Lipinski definition) is 1. The van der Waals surface area contributed by atoms with Gasteiger partial charge in [-0.15, -0.1) is 11.3 Å². The lowest BCUT2D eigenvalue weighted by Gasteiger charge is -2.30. The lowest BCUT2D eigenvalue weighted by Crippen LogP contribution is -3.13. The van der Waals surface area contributed by atoms with Gasteiger partial charge in [0.05, 0.1) is 36.4 Å². The van der Waals surface area contributed by atoms with E-state index in [1.807, 2.05) is 48.5 Å². The molecule has 0 amide bonds. The van der Waals surface area contributed by atoms with E-state index < -0.39 is 10.0 Å². The second-order valence-corrected chi connectivity index (χ2v) is 9.59. The van der Waals surface area contributed by atoms with Crippen LogP contribution in [-0.4, -0.2) is 43.9 Å². The number of para-hydroxylation sites is 1. The third-order valence-electron chi connectivity index (χ3n) is 4.76. The summed E-state index contributed by atoms with van der Waals surface area (Å²) in [6.45, 7) is 3.54. The lowest BCUT2D eigenvalue weighted by molar-refractivity contribution is -0.917. The van der Waals surface area contributed by atoms with Crippen LogP contribution in [0.1, 0.15) is 10.6 Å². The summed E-state index contributed by atoms with van der Waals surface area (Å²) in [5.41, 5.74) is 1.94. The Balaban J connectivity index is 1.36. The molecular formula is C20H22N3O2S2+. The van der Waals surface area contributed by atoms with Gasteiger partial charge in [-0.05, 0) is 23.8 Å². The third kappa shape index (κ3) is 4.44. The molecule has 7 heteroatoms. The van der Waals surface area contributed by atoms with E-state index >= 15 is 0 Å². The van der Waals surface area contributed by atoms with Crippen molar-refractivity contribution in [3.05, 3.63) is 70.6 Å². The summed E-state index contributed by atoms with van der Waals surface area (Å²) in [5, 5.41) is 2.44. The maximum absolute atomic E-state index is 12.6. The largest absolute Gasteiger partial charge is 0.327 e. The first kappa shape index (κ1) is 18.3. The Morgan fingerprint density at radius 1 is 1.04 bits per heavy atom. The first-order chi connectivity index (χ1) is 13.1. The highest BCUT2D eigenvalue weighted by molar-refractivity contribution is 7.92. The van der Waals surface area contributed by atoms with Crippen LogP contribution >= 0.6 is 11.3 Å². The Bertz CT molecular complexity index is 1000. The first-order valence-corrected chi connectivity index (χ1v) is 11.3. The van der Waals surface area contributed by atoms with E-state index in [0.29, 0.717) is 13.1 Å². The van der Waals surface area contributed by atoms with Gasteiger partial charge in [0, 0.05) is 5.41 Å². The highest BCUT2D eigenvalue weighted by atomic mass is 32.2. The van der Waals surface area contributed by atoms with Gasteiger partial charge in [-0.1, -0.05) is 42.5 Å². The van der Waals surface area contributed by atoms with Gasteiger partial charge in [-0.3, -0.25) is 0 Å². The maximum Gasteiger partial charge on any atom is 0.236 e. The van der Waals surface area contributed by atoms with Crippen LogP contribution in [0.4, 0.5) is 0 Å². The number of aromatic nitrogens is 1. The molecule has 27 heavy (non-hydrogen) atoms. The number of thiazole rings is 1. The van der Waals surface area contributed by atoms with E-state index in [4.69, 9.17) is 4.98 Å². The maximum atomic E-state index is 12.6. The van der Waals surface area contributed by atoms with Crippen LogP contribution < -0.4 is 4.90 Å². The summed E-state index contributed by atoms with van der Waals surface area (Å²) >= 11 is 1.73. The second kappa shape index (κ2) is 7.90. The van der Waals surface area contributed by atoms with E-state index in [0.717, 1.165) is 35.7 Å². The van der Waals surface area contributed by atoms with Crippen LogP contribution in [-0.2, 0) is 16.6 Å². The number of nitrogens with zero attached hydrogens (tertiary/aromatic N) is 2. The Kier molecular flexibility index (Phi) is 5.36. The minimum absolute atomic E-state index is 0.543. The van der Waals surface area contributed by atoms with Gasteiger partial charge < -0.3 is 4.90 Å². The summed E-state index contributed by atoms with van der Waals surface area (Å²) in [7, 11) is -3.37. The van der Waals surface area contributed by atoms with Gasteiger partial charge in [-0.2, -0.15) is 4.31 Å². The van der Waals surface area contributed by atoms with Crippen LogP contribution in [0.3, 0.4) is 0 Å². The standard InChI is InChI=1S/C20H21N3O2S2/c24-27(25,15-10-17-6-2-1-3-7-17)23-13-11-22(12-14-23)16-20-21-18-8-4-5-9-19(18)26-20/h1-10,15H,11-14,16H2/p+1/b15-10+. The van der Waals surface area contributed by atoms with Crippen LogP contribution in [0.15, 0.2) is 60.0 Å².